The summed E-state index contributed by atoms with van der Waals surface area (Å²) in [4.78, 5) is 6.27. The van der Waals surface area contributed by atoms with Crippen LogP contribution < -0.4 is 5.32 Å². The maximum absolute atomic E-state index is 10.4. The summed E-state index contributed by atoms with van der Waals surface area (Å²) in [5, 5.41) is 17.4. The lowest BCUT2D eigenvalue weighted by Gasteiger charge is -2.32. The fourth-order valence-corrected chi connectivity index (χ4v) is 6.04. The average molecular weight is 463 g/mol. The third kappa shape index (κ3) is 3.84. The van der Waals surface area contributed by atoms with Crippen molar-refractivity contribution in [2.45, 2.75) is 31.5 Å². The molecule has 1 aromatic heterocycles. The Morgan fingerprint density at radius 2 is 2.03 bits per heavy atom. The van der Waals surface area contributed by atoms with E-state index in [4.69, 9.17) is 6.57 Å². The summed E-state index contributed by atoms with van der Waals surface area (Å²) in [5.74, 6) is 0. The lowest BCUT2D eigenvalue weighted by Crippen LogP contribution is -2.32. The number of aliphatic hydroxyl groups is 1. The maximum Gasteiger partial charge on any atom is 0.188 e. The van der Waals surface area contributed by atoms with Crippen LogP contribution in [0, 0.1) is 6.57 Å². The van der Waals surface area contributed by atoms with Crippen molar-refractivity contribution in [2.24, 2.45) is 0 Å². The molecule has 176 valence electrons. The molecule has 0 fully saturated rings. The van der Waals surface area contributed by atoms with Crippen molar-refractivity contribution in [2.75, 3.05) is 26.7 Å². The molecular weight excluding hydrogens is 432 g/mol. The number of nitrogens with zero attached hydrogens (tertiary/aromatic N) is 3. The quantitative estimate of drug-likeness (QED) is 0.382. The maximum atomic E-state index is 10.4. The Balaban J connectivity index is 1.31. The molecule has 5 nitrogen and oxygen atoms in total. The van der Waals surface area contributed by atoms with Crippen LogP contribution in [0.3, 0.4) is 0 Å². The van der Waals surface area contributed by atoms with Gasteiger partial charge in [0.2, 0.25) is 0 Å². The first kappa shape index (κ1) is 22.1. The van der Waals surface area contributed by atoms with Crippen LogP contribution in [0.15, 0.2) is 66.9 Å². The van der Waals surface area contributed by atoms with Crippen molar-refractivity contribution in [1.82, 2.24) is 14.8 Å². The Labute approximate surface area is 206 Å². The number of hydrogen-bond donors (Lipinski definition) is 2. The second kappa shape index (κ2) is 8.98. The number of fused-ring (bicyclic) bond motifs is 1. The van der Waals surface area contributed by atoms with Crippen molar-refractivity contribution in [3.05, 3.63) is 95.0 Å². The molecule has 6 rings (SSSR count). The molecule has 2 atom stereocenters. The Hall–Kier alpha value is -3.43. The molecule has 0 spiro atoms. The van der Waals surface area contributed by atoms with Gasteiger partial charge in [-0.25, -0.2) is 4.85 Å². The first-order chi connectivity index (χ1) is 17.2. The van der Waals surface area contributed by atoms with E-state index >= 15 is 0 Å². The van der Waals surface area contributed by atoms with Crippen LogP contribution >= 0.6 is 0 Å². The van der Waals surface area contributed by atoms with E-state index in [1.807, 2.05) is 25.2 Å². The average Bonchev–Trinajstić information content (AvgIpc) is 3.44. The first-order valence-corrected chi connectivity index (χ1v) is 12.4. The smallest absolute Gasteiger partial charge is 0.188 e. The summed E-state index contributed by atoms with van der Waals surface area (Å²) in [6, 6.07) is 19.7. The molecule has 4 aromatic rings. The molecule has 2 N–H and O–H groups in total. The van der Waals surface area contributed by atoms with Crippen LogP contribution in [0.25, 0.3) is 32.1 Å². The molecule has 1 aliphatic carbocycles. The number of nitrogens with one attached hydrogen (secondary N) is 1. The van der Waals surface area contributed by atoms with Crippen molar-refractivity contribution >= 4 is 32.9 Å². The summed E-state index contributed by atoms with van der Waals surface area (Å²) in [6.45, 7) is 10.5. The summed E-state index contributed by atoms with van der Waals surface area (Å²) in [7, 11) is 1.85. The van der Waals surface area contributed by atoms with Gasteiger partial charge >= 0.3 is 0 Å². The number of aliphatic hydroxyl groups excluding tert-OH is 1. The molecule has 2 heterocycles. The van der Waals surface area contributed by atoms with E-state index in [-0.39, 0.29) is 0 Å². The fourth-order valence-electron chi connectivity index (χ4n) is 6.04. The minimum Gasteiger partial charge on any atom is -0.390 e. The van der Waals surface area contributed by atoms with Gasteiger partial charge in [0.15, 0.2) is 5.69 Å². The van der Waals surface area contributed by atoms with Gasteiger partial charge in [0.05, 0.1) is 12.7 Å². The third-order valence-corrected chi connectivity index (χ3v) is 7.66. The standard InChI is InChI=1S/C30H30N4O/c1-31-17-24(35)18-34-19-27(26-16-23(32-2)9-10-28(26)34)20-11-13-33(14-12-20)29-15-22-7-3-5-21-6-4-8-25(29)30(21)22/h3-11,16,19,24,29,31,35H,12-15,17-18H2,1H3/t24-,29?/m1/s1. The third-order valence-electron chi connectivity index (χ3n) is 7.66. The zero-order valence-corrected chi connectivity index (χ0v) is 20.0. The summed E-state index contributed by atoms with van der Waals surface area (Å²) >= 11 is 0. The molecule has 3 aromatic carbocycles. The highest BCUT2D eigenvalue weighted by molar-refractivity contribution is 5.95. The van der Waals surface area contributed by atoms with E-state index < -0.39 is 6.10 Å². The predicted octanol–water partition coefficient (Wildman–Crippen LogP) is 5.31. The molecule has 1 unspecified atom stereocenters. The normalized spacial score (nSPS) is 18.7. The largest absolute Gasteiger partial charge is 0.390 e. The summed E-state index contributed by atoms with van der Waals surface area (Å²) < 4.78 is 2.14. The van der Waals surface area contributed by atoms with Crippen LogP contribution in [-0.4, -0.2) is 47.4 Å². The van der Waals surface area contributed by atoms with E-state index in [1.165, 1.54) is 33.0 Å². The number of hydrogen-bond acceptors (Lipinski definition) is 3. The number of aromatic nitrogens is 1. The molecule has 35 heavy (non-hydrogen) atoms. The molecule has 0 radical (unpaired) electrons. The van der Waals surface area contributed by atoms with E-state index in [0.29, 0.717) is 24.8 Å². The molecular formula is C30H30N4O. The molecule has 2 aliphatic rings. The van der Waals surface area contributed by atoms with Gasteiger partial charge in [-0.05, 0) is 64.9 Å². The Morgan fingerprint density at radius 3 is 2.80 bits per heavy atom. The van der Waals surface area contributed by atoms with E-state index in [2.05, 4.69) is 68.3 Å². The van der Waals surface area contributed by atoms with Gasteiger partial charge in [-0.1, -0.05) is 48.5 Å². The van der Waals surface area contributed by atoms with Gasteiger partial charge in [0.25, 0.3) is 0 Å². The van der Waals surface area contributed by atoms with Gasteiger partial charge in [-0.3, -0.25) is 4.90 Å². The lowest BCUT2D eigenvalue weighted by molar-refractivity contribution is 0.155. The van der Waals surface area contributed by atoms with Crippen molar-refractivity contribution in [1.29, 1.82) is 0 Å². The van der Waals surface area contributed by atoms with Gasteiger partial charge < -0.3 is 15.0 Å². The van der Waals surface area contributed by atoms with E-state index in [0.717, 1.165) is 36.8 Å². The van der Waals surface area contributed by atoms with Crippen LogP contribution in [0.2, 0.25) is 0 Å². The first-order valence-electron chi connectivity index (χ1n) is 12.4. The van der Waals surface area contributed by atoms with Crippen molar-refractivity contribution < 1.29 is 5.11 Å². The van der Waals surface area contributed by atoms with Crippen molar-refractivity contribution in [3.63, 3.8) is 0 Å². The summed E-state index contributed by atoms with van der Waals surface area (Å²) in [5.41, 5.74) is 7.19. The molecule has 0 saturated heterocycles. The van der Waals surface area contributed by atoms with Crippen molar-refractivity contribution in [3.8, 4) is 0 Å². The fraction of sp³-hybridized carbons (Fsp3) is 0.300. The summed E-state index contributed by atoms with van der Waals surface area (Å²) in [6.07, 6.45) is 6.14. The minimum atomic E-state index is -0.466. The van der Waals surface area contributed by atoms with Gasteiger partial charge in [0, 0.05) is 49.5 Å². The Bertz CT molecular complexity index is 1490. The number of rotatable bonds is 6. The van der Waals surface area contributed by atoms with Crippen LogP contribution in [-0.2, 0) is 13.0 Å². The zero-order chi connectivity index (χ0) is 23.9. The monoisotopic (exact) mass is 462 g/mol. The molecule has 1 aliphatic heterocycles. The number of benzene rings is 3. The molecule has 0 saturated carbocycles. The van der Waals surface area contributed by atoms with E-state index in [9.17, 15) is 5.11 Å². The molecule has 0 amide bonds. The van der Waals surface area contributed by atoms with Gasteiger partial charge in [0.1, 0.15) is 0 Å². The SMILES string of the molecule is [C-]#[N+]c1ccc2c(c1)c(C1=CCN(C3Cc4cccc5cccc3c45)CC1)cn2C[C@H](O)CNC. The highest BCUT2D eigenvalue weighted by atomic mass is 16.3. The van der Waals surface area contributed by atoms with Crippen LogP contribution in [0.1, 0.15) is 29.2 Å². The highest BCUT2D eigenvalue weighted by Crippen LogP contribution is 2.42. The highest BCUT2D eigenvalue weighted by Gasteiger charge is 2.30. The Kier molecular flexibility index (Phi) is 5.66. The van der Waals surface area contributed by atoms with Crippen LogP contribution in [0.5, 0.6) is 0 Å². The molecule has 0 bridgehead atoms. The van der Waals surface area contributed by atoms with E-state index in [1.54, 1.807) is 0 Å². The molecule has 5 heteroatoms. The lowest BCUT2D eigenvalue weighted by atomic mass is 9.96. The second-order valence-electron chi connectivity index (χ2n) is 9.78. The minimum absolute atomic E-state index is 0.431. The van der Waals surface area contributed by atoms with Gasteiger partial charge in [-0.2, -0.15) is 0 Å². The Morgan fingerprint density at radius 1 is 1.17 bits per heavy atom. The predicted molar refractivity (Wildman–Crippen MR) is 143 cm³/mol. The number of likely N-dealkylation sites (N-methyl/N-ethyl adjacent to an activating group) is 1. The zero-order valence-electron chi connectivity index (χ0n) is 20.0. The van der Waals surface area contributed by atoms with Crippen LogP contribution in [0.4, 0.5) is 5.69 Å². The second-order valence-corrected chi connectivity index (χ2v) is 9.78. The topological polar surface area (TPSA) is 44.8 Å². The van der Waals surface area contributed by atoms with Gasteiger partial charge in [-0.15, -0.1) is 0 Å².